The number of guanidine groups is 1. The van der Waals surface area contributed by atoms with Gasteiger partial charge >= 0.3 is 11.9 Å². The molecule has 0 saturated carbocycles. The van der Waals surface area contributed by atoms with Gasteiger partial charge in [0.25, 0.3) is 0 Å². The molecule has 0 amide bonds. The molecule has 0 aromatic heterocycles. The molecular formula is C31H36N6O5. The summed E-state index contributed by atoms with van der Waals surface area (Å²) in [6.07, 6.45) is 4.73. The van der Waals surface area contributed by atoms with E-state index in [0.717, 1.165) is 38.9 Å². The zero-order valence-electron chi connectivity index (χ0n) is 23.7. The molecule has 2 atom stereocenters. The van der Waals surface area contributed by atoms with Gasteiger partial charge in [-0.3, -0.25) is 20.1 Å². The molecule has 1 fully saturated rings. The van der Waals surface area contributed by atoms with E-state index in [1.54, 1.807) is 44.2 Å². The monoisotopic (exact) mass is 572 g/mol. The van der Waals surface area contributed by atoms with Crippen molar-refractivity contribution in [3.05, 3.63) is 70.9 Å². The van der Waals surface area contributed by atoms with Crippen LogP contribution >= 0.6 is 0 Å². The predicted octanol–water partition coefficient (Wildman–Crippen LogP) is 4.12. The summed E-state index contributed by atoms with van der Waals surface area (Å²) in [6.45, 7) is 6.44. The summed E-state index contributed by atoms with van der Waals surface area (Å²) < 4.78 is 0. The highest BCUT2D eigenvalue weighted by Gasteiger charge is 2.41. The van der Waals surface area contributed by atoms with Crippen LogP contribution in [0.25, 0.3) is 0 Å². The van der Waals surface area contributed by atoms with Crippen LogP contribution < -0.4 is 10.6 Å². The summed E-state index contributed by atoms with van der Waals surface area (Å²) in [5.74, 6) is -3.42. The first kappa shape index (κ1) is 30.3. The van der Waals surface area contributed by atoms with E-state index in [1.807, 2.05) is 18.3 Å². The van der Waals surface area contributed by atoms with Crippen LogP contribution in [0.4, 0.5) is 5.69 Å². The minimum Gasteiger partial charge on any atom is -0.508 e. The van der Waals surface area contributed by atoms with Gasteiger partial charge in [-0.15, -0.1) is 0 Å². The number of phenolic OH excluding ortho intramolecular Hbond substituents is 1. The first-order chi connectivity index (χ1) is 20.2. The van der Waals surface area contributed by atoms with Crippen molar-refractivity contribution in [1.29, 1.82) is 5.26 Å². The van der Waals surface area contributed by atoms with Crippen molar-refractivity contribution in [3.63, 3.8) is 0 Å². The number of nitrogens with zero attached hydrogens (tertiary/aromatic N) is 4. The molecule has 2 unspecified atom stereocenters. The third kappa shape index (κ3) is 7.33. The van der Waals surface area contributed by atoms with Crippen molar-refractivity contribution in [2.75, 3.05) is 31.5 Å². The standard InChI is InChI=1S/C31H36N6O5/c1-19-26(29(39)40)28(27(30(41)42)20(2)35-19)23-7-3-8-24(16-23)36-31(34-18-32)33-12-5-13-37-14-10-21(11-15-37)22-6-4-9-25(38)17-22/h3-4,6-9,16-17,21,26,28,38H,5,10-15H2,1-2H3,(H,39,40)(H,41,42)(H2,33,34,36). The van der Waals surface area contributed by atoms with Crippen LogP contribution in [-0.2, 0) is 9.59 Å². The van der Waals surface area contributed by atoms with Crippen LogP contribution in [0.3, 0.4) is 0 Å². The normalized spacial score (nSPS) is 20.0. The van der Waals surface area contributed by atoms with Crippen molar-refractivity contribution < 1.29 is 24.9 Å². The molecule has 0 radical (unpaired) electrons. The fourth-order valence-electron chi connectivity index (χ4n) is 5.86. The first-order valence-corrected chi connectivity index (χ1v) is 14.0. The molecule has 1 saturated heterocycles. The highest BCUT2D eigenvalue weighted by atomic mass is 16.4. The van der Waals surface area contributed by atoms with Crippen molar-refractivity contribution >= 4 is 29.3 Å². The average Bonchev–Trinajstić information content (AvgIpc) is 2.95. The number of allylic oxidation sites excluding steroid dienone is 1. The average molecular weight is 573 g/mol. The van der Waals surface area contributed by atoms with Crippen LogP contribution in [0.5, 0.6) is 5.75 Å². The Labute approximate surface area is 244 Å². The van der Waals surface area contributed by atoms with Crippen LogP contribution in [0.15, 0.2) is 69.8 Å². The zero-order chi connectivity index (χ0) is 30.2. The Morgan fingerprint density at radius 2 is 1.81 bits per heavy atom. The summed E-state index contributed by atoms with van der Waals surface area (Å²) in [5, 5.41) is 44.5. The summed E-state index contributed by atoms with van der Waals surface area (Å²) in [5.41, 5.74) is 2.78. The molecule has 2 aromatic carbocycles. The second kappa shape index (κ2) is 13.8. The topological polar surface area (TPSA) is 171 Å². The van der Waals surface area contributed by atoms with Gasteiger partial charge in [0.1, 0.15) is 11.7 Å². The number of carboxylic acid groups (broad SMARTS) is 2. The van der Waals surface area contributed by atoms with Crippen molar-refractivity contribution in [1.82, 2.24) is 10.2 Å². The lowest BCUT2D eigenvalue weighted by Crippen LogP contribution is -2.35. The van der Waals surface area contributed by atoms with Gasteiger partial charge in [0.15, 0.2) is 6.19 Å². The summed E-state index contributed by atoms with van der Waals surface area (Å²) >= 11 is 0. The number of piperidine rings is 1. The van der Waals surface area contributed by atoms with E-state index in [9.17, 15) is 30.2 Å². The highest BCUT2D eigenvalue weighted by molar-refractivity contribution is 6.06. The molecule has 0 bridgehead atoms. The van der Waals surface area contributed by atoms with Crippen LogP contribution in [-0.4, -0.2) is 70.0 Å². The van der Waals surface area contributed by atoms with E-state index in [4.69, 9.17) is 0 Å². The lowest BCUT2D eigenvalue weighted by Gasteiger charge is -2.32. The molecule has 42 heavy (non-hydrogen) atoms. The number of aliphatic carboxylic acids is 2. The number of carbonyl (C=O) groups is 2. The smallest absolute Gasteiger partial charge is 0.334 e. The van der Waals surface area contributed by atoms with Crippen LogP contribution in [0, 0.1) is 17.4 Å². The molecule has 0 spiro atoms. The number of aromatic hydroxyl groups is 1. The maximum absolute atomic E-state index is 12.1. The number of benzene rings is 2. The van der Waals surface area contributed by atoms with Gasteiger partial charge in [0.05, 0.1) is 5.57 Å². The fraction of sp³-hybridized carbons (Fsp3) is 0.387. The molecule has 2 aliphatic rings. The number of hydrogen-bond acceptors (Lipinski definition) is 7. The maximum atomic E-state index is 12.1. The van der Waals surface area contributed by atoms with E-state index in [-0.39, 0.29) is 17.2 Å². The third-order valence-corrected chi connectivity index (χ3v) is 7.84. The number of likely N-dealkylation sites (tertiary alicyclic amines) is 1. The Hall–Kier alpha value is -4.69. The van der Waals surface area contributed by atoms with Gasteiger partial charge in [-0.05, 0) is 94.1 Å². The zero-order valence-corrected chi connectivity index (χ0v) is 23.7. The van der Waals surface area contributed by atoms with E-state index in [1.165, 1.54) is 5.56 Å². The van der Waals surface area contributed by atoms with Crippen LogP contribution in [0.1, 0.15) is 56.1 Å². The number of nitrogens with one attached hydrogen (secondary N) is 2. The van der Waals surface area contributed by atoms with Gasteiger partial charge in [0, 0.05) is 29.6 Å². The third-order valence-electron chi connectivity index (χ3n) is 7.84. The number of hydrogen-bond donors (Lipinski definition) is 5. The van der Waals surface area contributed by atoms with Gasteiger partial charge in [-0.25, -0.2) is 4.79 Å². The quantitative estimate of drug-likeness (QED) is 0.0975. The Balaban J connectivity index is 1.38. The summed E-state index contributed by atoms with van der Waals surface area (Å²) in [7, 11) is 0. The Bertz CT molecular complexity index is 1450. The lowest BCUT2D eigenvalue weighted by atomic mass is 9.75. The lowest BCUT2D eigenvalue weighted by molar-refractivity contribution is -0.140. The Morgan fingerprint density at radius 3 is 2.48 bits per heavy atom. The minimum absolute atomic E-state index is 0.0554. The van der Waals surface area contributed by atoms with E-state index >= 15 is 0 Å². The van der Waals surface area contributed by atoms with E-state index in [0.29, 0.717) is 35.2 Å². The van der Waals surface area contributed by atoms with E-state index < -0.39 is 23.8 Å². The molecule has 0 aliphatic carbocycles. The Kier molecular flexibility index (Phi) is 9.93. The van der Waals surface area contributed by atoms with Gasteiger partial charge in [-0.2, -0.15) is 5.26 Å². The molecule has 4 rings (SSSR count). The first-order valence-electron chi connectivity index (χ1n) is 14.0. The number of phenols is 1. The highest BCUT2D eigenvalue weighted by Crippen LogP contribution is 2.39. The SMILES string of the molecule is CC1=NC(C)=C(C(=O)O)C(c2cccc(NC(=NCCCN3CCC(c4cccc(O)c4)CC3)NC#N)c2)C1C(=O)O. The molecule has 2 aliphatic heterocycles. The van der Waals surface area contributed by atoms with E-state index in [2.05, 4.69) is 31.6 Å². The summed E-state index contributed by atoms with van der Waals surface area (Å²) in [4.78, 5) is 35.4. The van der Waals surface area contributed by atoms with Crippen molar-refractivity contribution in [2.24, 2.45) is 15.9 Å². The number of carboxylic acids is 2. The second-order valence-electron chi connectivity index (χ2n) is 10.6. The number of aliphatic imine (C=N–C) groups is 2. The minimum atomic E-state index is -1.21. The molecule has 11 nitrogen and oxygen atoms in total. The fourth-order valence-corrected chi connectivity index (χ4v) is 5.86. The van der Waals surface area contributed by atoms with Gasteiger partial charge in [-0.1, -0.05) is 24.3 Å². The largest absolute Gasteiger partial charge is 0.508 e. The Morgan fingerprint density at radius 1 is 1.10 bits per heavy atom. The molecule has 220 valence electrons. The predicted molar refractivity (Wildman–Crippen MR) is 160 cm³/mol. The van der Waals surface area contributed by atoms with Gasteiger partial charge < -0.3 is 25.5 Å². The summed E-state index contributed by atoms with van der Waals surface area (Å²) in [6, 6.07) is 14.3. The number of anilines is 1. The van der Waals surface area contributed by atoms with Crippen molar-refractivity contribution in [2.45, 2.75) is 44.9 Å². The molecule has 11 heteroatoms. The molecule has 5 N–H and O–H groups in total. The van der Waals surface area contributed by atoms with Crippen LogP contribution in [0.2, 0.25) is 0 Å². The van der Waals surface area contributed by atoms with Crippen molar-refractivity contribution in [3.8, 4) is 11.9 Å². The molecule has 2 aromatic rings. The molecular weight excluding hydrogens is 536 g/mol. The second-order valence-corrected chi connectivity index (χ2v) is 10.6. The van der Waals surface area contributed by atoms with Gasteiger partial charge in [0.2, 0.25) is 5.96 Å². The molecule has 2 heterocycles. The maximum Gasteiger partial charge on any atom is 0.334 e. The number of nitriles is 1. The number of rotatable bonds is 9.